The number of ether oxygens (including phenoxy) is 2. The van der Waals surface area contributed by atoms with Gasteiger partial charge in [0.2, 0.25) is 0 Å². The van der Waals surface area contributed by atoms with E-state index in [9.17, 15) is 9.18 Å². The second kappa shape index (κ2) is 11.0. The van der Waals surface area contributed by atoms with Gasteiger partial charge in [0.05, 0.1) is 6.61 Å². The Kier molecular flexibility index (Phi) is 8.38. The van der Waals surface area contributed by atoms with Crippen molar-refractivity contribution < 1.29 is 18.7 Å². The van der Waals surface area contributed by atoms with E-state index in [0.717, 1.165) is 37.4 Å². The summed E-state index contributed by atoms with van der Waals surface area (Å²) in [7, 11) is 0. The molecule has 2 atom stereocenters. The van der Waals surface area contributed by atoms with Crippen molar-refractivity contribution in [1.82, 2.24) is 0 Å². The molecule has 0 aliphatic heterocycles. The lowest BCUT2D eigenvalue weighted by molar-refractivity contribution is -0.159. The van der Waals surface area contributed by atoms with Gasteiger partial charge in [-0.3, -0.25) is 0 Å². The molecule has 0 N–H and O–H groups in total. The lowest BCUT2D eigenvalue weighted by Gasteiger charge is -2.29. The average Bonchev–Trinajstić information content (AvgIpc) is 2.78. The molecule has 1 aromatic rings. The molecule has 162 valence electrons. The van der Waals surface area contributed by atoms with Crippen LogP contribution >= 0.6 is 0 Å². The van der Waals surface area contributed by atoms with Crippen LogP contribution < -0.4 is 4.74 Å². The maximum absolute atomic E-state index is 14.0. The molecule has 0 aromatic heterocycles. The van der Waals surface area contributed by atoms with Gasteiger partial charge in [-0.05, 0) is 74.0 Å². The fourth-order valence-corrected chi connectivity index (χ4v) is 4.57. The maximum Gasteiger partial charge on any atom is 0.341 e. The van der Waals surface area contributed by atoms with Crippen LogP contribution in [0.3, 0.4) is 0 Å². The molecular weight excluding hydrogens is 367 g/mol. The van der Waals surface area contributed by atoms with Gasteiger partial charge >= 0.3 is 5.97 Å². The van der Waals surface area contributed by atoms with Gasteiger partial charge in [0.25, 0.3) is 0 Å². The lowest BCUT2D eigenvalue weighted by Crippen LogP contribution is -2.32. The van der Waals surface area contributed by atoms with Gasteiger partial charge in [-0.1, -0.05) is 51.7 Å². The highest BCUT2D eigenvalue weighted by atomic mass is 19.1. The third-order valence-electron chi connectivity index (χ3n) is 6.89. The molecule has 0 unspecified atom stereocenters. The quantitative estimate of drug-likeness (QED) is 0.458. The summed E-state index contributed by atoms with van der Waals surface area (Å²) in [4.78, 5) is 11.9. The van der Waals surface area contributed by atoms with Crippen LogP contribution in [0.15, 0.2) is 24.3 Å². The van der Waals surface area contributed by atoms with Crippen molar-refractivity contribution in [3.8, 4) is 5.75 Å². The van der Waals surface area contributed by atoms with E-state index >= 15 is 0 Å². The van der Waals surface area contributed by atoms with E-state index in [1.165, 1.54) is 37.7 Å². The smallest absolute Gasteiger partial charge is 0.341 e. The Bertz CT molecular complexity index is 615. The number of rotatable bonds is 8. The summed E-state index contributed by atoms with van der Waals surface area (Å²) in [5.74, 6) is 1.17. The Hall–Kier alpha value is -1.58. The van der Waals surface area contributed by atoms with Crippen molar-refractivity contribution in [1.29, 1.82) is 0 Å². The summed E-state index contributed by atoms with van der Waals surface area (Å²) in [5.41, 5.74) is 1.45. The first-order valence-electron chi connectivity index (χ1n) is 11.6. The number of carbonyl (C=O) groups excluding carboxylic acids is 1. The number of esters is 1. The minimum atomic E-state index is -1.50. The summed E-state index contributed by atoms with van der Waals surface area (Å²) < 4.78 is 25.4. The van der Waals surface area contributed by atoms with E-state index in [4.69, 9.17) is 9.47 Å². The van der Waals surface area contributed by atoms with E-state index in [1.54, 1.807) is 6.92 Å². The molecular formula is C25H37FO3. The summed E-state index contributed by atoms with van der Waals surface area (Å²) in [6.07, 6.45) is 9.22. The minimum Gasteiger partial charge on any atom is -0.493 e. The molecule has 3 nitrogen and oxygen atoms in total. The van der Waals surface area contributed by atoms with Gasteiger partial charge in [0, 0.05) is 0 Å². The van der Waals surface area contributed by atoms with Gasteiger partial charge in [-0.25, -0.2) is 9.18 Å². The SMILES string of the molecule is CC[C@H](C)[C@H](F)C(=O)OC1CCC(COc2ccc(C3CCCCC3)cc2)CC1. The monoisotopic (exact) mass is 404 g/mol. The first-order valence-corrected chi connectivity index (χ1v) is 11.6. The Morgan fingerprint density at radius 3 is 2.31 bits per heavy atom. The van der Waals surface area contributed by atoms with E-state index < -0.39 is 12.1 Å². The Labute approximate surface area is 175 Å². The standard InChI is InChI=1S/C25H37FO3/c1-3-18(2)24(26)25(27)29-23-13-9-19(10-14-23)17-28-22-15-11-21(12-16-22)20-7-5-4-6-8-20/h11-12,15-16,18-20,23-24H,3-10,13-14,17H2,1-2H3/t18-,19?,23?,24-/m0/s1. The number of benzene rings is 1. The second-order valence-corrected chi connectivity index (χ2v) is 9.08. The molecule has 2 aliphatic carbocycles. The van der Waals surface area contributed by atoms with Gasteiger partial charge in [0.15, 0.2) is 6.17 Å². The zero-order chi connectivity index (χ0) is 20.6. The fourth-order valence-electron chi connectivity index (χ4n) is 4.57. The third kappa shape index (κ3) is 6.45. The zero-order valence-corrected chi connectivity index (χ0v) is 18.1. The molecule has 4 heteroatoms. The van der Waals surface area contributed by atoms with E-state index in [2.05, 4.69) is 24.3 Å². The van der Waals surface area contributed by atoms with Crippen LogP contribution in [0.1, 0.15) is 89.5 Å². The molecule has 2 aliphatic rings. The molecule has 29 heavy (non-hydrogen) atoms. The van der Waals surface area contributed by atoms with E-state index in [-0.39, 0.29) is 12.0 Å². The van der Waals surface area contributed by atoms with Crippen LogP contribution in [0, 0.1) is 11.8 Å². The van der Waals surface area contributed by atoms with Crippen LogP contribution in [0.25, 0.3) is 0 Å². The van der Waals surface area contributed by atoms with Crippen molar-refractivity contribution in [2.75, 3.05) is 6.61 Å². The predicted octanol–water partition coefficient (Wildman–Crippen LogP) is 6.60. The summed E-state index contributed by atoms with van der Waals surface area (Å²) >= 11 is 0. The van der Waals surface area contributed by atoms with Crippen molar-refractivity contribution in [3.05, 3.63) is 29.8 Å². The van der Waals surface area contributed by atoms with Crippen molar-refractivity contribution >= 4 is 5.97 Å². The summed E-state index contributed by atoms with van der Waals surface area (Å²) in [5, 5.41) is 0. The largest absolute Gasteiger partial charge is 0.493 e. The molecule has 3 rings (SSSR count). The molecule has 2 saturated carbocycles. The Balaban J connectivity index is 1.37. The van der Waals surface area contributed by atoms with Crippen molar-refractivity contribution in [2.45, 2.75) is 96.2 Å². The highest BCUT2D eigenvalue weighted by Gasteiger charge is 2.30. The maximum atomic E-state index is 14.0. The predicted molar refractivity (Wildman–Crippen MR) is 114 cm³/mol. The third-order valence-corrected chi connectivity index (χ3v) is 6.89. The van der Waals surface area contributed by atoms with E-state index in [0.29, 0.717) is 18.9 Å². The van der Waals surface area contributed by atoms with Gasteiger partial charge < -0.3 is 9.47 Å². The van der Waals surface area contributed by atoms with Gasteiger partial charge in [0.1, 0.15) is 11.9 Å². The normalized spacial score (nSPS) is 25.2. The van der Waals surface area contributed by atoms with Crippen LogP contribution in [0.4, 0.5) is 4.39 Å². The van der Waals surface area contributed by atoms with Crippen LogP contribution in [0.5, 0.6) is 5.75 Å². The number of hydrogen-bond acceptors (Lipinski definition) is 3. The van der Waals surface area contributed by atoms with Gasteiger partial charge in [-0.15, -0.1) is 0 Å². The van der Waals surface area contributed by atoms with Crippen LogP contribution in [-0.4, -0.2) is 24.9 Å². The van der Waals surface area contributed by atoms with E-state index in [1.807, 2.05) is 6.92 Å². The number of halogens is 1. The molecule has 0 spiro atoms. The molecule has 0 heterocycles. The average molecular weight is 405 g/mol. The van der Waals surface area contributed by atoms with Crippen LogP contribution in [0.2, 0.25) is 0 Å². The summed E-state index contributed by atoms with van der Waals surface area (Å²) in [6, 6.07) is 8.67. The summed E-state index contributed by atoms with van der Waals surface area (Å²) in [6.45, 7) is 4.34. The topological polar surface area (TPSA) is 35.5 Å². The second-order valence-electron chi connectivity index (χ2n) is 9.08. The lowest BCUT2D eigenvalue weighted by atomic mass is 9.84. The molecule has 0 bridgehead atoms. The van der Waals surface area contributed by atoms with Gasteiger partial charge in [-0.2, -0.15) is 0 Å². The first kappa shape index (κ1) is 22.1. The Morgan fingerprint density at radius 1 is 1.03 bits per heavy atom. The molecule has 0 amide bonds. The minimum absolute atomic E-state index is 0.143. The zero-order valence-electron chi connectivity index (χ0n) is 18.1. The molecule has 2 fully saturated rings. The number of hydrogen-bond donors (Lipinski definition) is 0. The molecule has 0 radical (unpaired) electrons. The van der Waals surface area contributed by atoms with Crippen LogP contribution in [-0.2, 0) is 9.53 Å². The number of alkyl halides is 1. The highest BCUT2D eigenvalue weighted by Crippen LogP contribution is 2.33. The number of carbonyl (C=O) groups is 1. The molecule has 1 aromatic carbocycles. The fraction of sp³-hybridized carbons (Fsp3) is 0.720. The van der Waals surface area contributed by atoms with Crippen molar-refractivity contribution in [3.63, 3.8) is 0 Å². The first-order chi connectivity index (χ1) is 14.1. The highest BCUT2D eigenvalue weighted by molar-refractivity contribution is 5.75. The van der Waals surface area contributed by atoms with Crippen molar-refractivity contribution in [2.24, 2.45) is 11.8 Å². The Morgan fingerprint density at radius 2 is 1.69 bits per heavy atom. The molecule has 0 saturated heterocycles.